The second kappa shape index (κ2) is 9.87. The van der Waals surface area contributed by atoms with Crippen LogP contribution in [0.1, 0.15) is 24.5 Å². The average Bonchev–Trinajstić information content (AvgIpc) is 3.31. The van der Waals surface area contributed by atoms with Crippen molar-refractivity contribution in [3.05, 3.63) is 149 Å². The molecule has 1 aliphatic carbocycles. The molecule has 1 heterocycles. The Morgan fingerprint density at radius 1 is 0.590 bits per heavy atom. The van der Waals surface area contributed by atoms with Gasteiger partial charge in [0.05, 0.1) is 11.0 Å². The summed E-state index contributed by atoms with van der Waals surface area (Å²) in [6.07, 6.45) is 3.40. The van der Waals surface area contributed by atoms with E-state index < -0.39 is 0 Å². The molecule has 0 saturated carbocycles. The second-order valence-corrected chi connectivity index (χ2v) is 11.3. The van der Waals surface area contributed by atoms with Crippen LogP contribution in [0.5, 0.6) is 0 Å². The highest BCUT2D eigenvalue weighted by atomic mass is 79.9. The van der Waals surface area contributed by atoms with Gasteiger partial charge in [0.25, 0.3) is 0 Å². The molecule has 1 nitrogen and oxygen atoms in total. The molecule has 1 atom stereocenters. The van der Waals surface area contributed by atoms with Gasteiger partial charge >= 0.3 is 0 Å². The topological polar surface area (TPSA) is 4.93 Å². The molecule has 1 unspecified atom stereocenters. The first kappa shape index (κ1) is 23.9. The van der Waals surface area contributed by atoms with E-state index in [4.69, 9.17) is 0 Å². The normalized spacial score (nSPS) is 15.6. The molecule has 1 aliphatic rings. The first-order valence-electron chi connectivity index (χ1n) is 13.5. The van der Waals surface area contributed by atoms with Gasteiger partial charge in [-0.2, -0.15) is 0 Å². The lowest BCUT2D eigenvalue weighted by Gasteiger charge is -2.28. The highest BCUT2D eigenvalue weighted by molar-refractivity contribution is 9.10. The number of halogens is 1. The molecule has 0 aliphatic heterocycles. The van der Waals surface area contributed by atoms with Gasteiger partial charge in [-0.1, -0.05) is 126 Å². The van der Waals surface area contributed by atoms with Crippen LogP contribution >= 0.6 is 15.9 Å². The first-order chi connectivity index (χ1) is 19.2. The third-order valence-electron chi connectivity index (χ3n) is 7.93. The summed E-state index contributed by atoms with van der Waals surface area (Å²) < 4.78 is 3.62. The van der Waals surface area contributed by atoms with Crippen LogP contribution in [0.4, 0.5) is 0 Å². The predicted octanol–water partition coefficient (Wildman–Crippen LogP) is 10.7. The van der Waals surface area contributed by atoms with E-state index in [-0.39, 0.29) is 0 Å². The van der Waals surface area contributed by atoms with Gasteiger partial charge in [0.2, 0.25) is 0 Å². The number of rotatable bonds is 4. The van der Waals surface area contributed by atoms with Crippen molar-refractivity contribution in [2.24, 2.45) is 5.92 Å². The number of para-hydroxylation sites is 1. The molecule has 0 amide bonds. The van der Waals surface area contributed by atoms with Crippen molar-refractivity contribution >= 4 is 54.6 Å². The molecule has 1 aromatic heterocycles. The lowest BCUT2D eigenvalue weighted by Crippen LogP contribution is -2.12. The summed E-state index contributed by atoms with van der Waals surface area (Å²) in [5, 5.41) is 2.58. The zero-order chi connectivity index (χ0) is 26.3. The maximum absolute atomic E-state index is 3.66. The molecular weight excluding hydrogens is 538 g/mol. The number of hydrogen-bond acceptors (Lipinski definition) is 0. The van der Waals surface area contributed by atoms with Crippen LogP contribution in [0.3, 0.4) is 0 Å². The van der Waals surface area contributed by atoms with Crippen molar-refractivity contribution in [1.82, 2.24) is 4.57 Å². The fraction of sp³-hybridized carbons (Fsp3) is 0.0811. The molecule has 0 spiro atoms. The molecule has 39 heavy (non-hydrogen) atoms. The van der Waals surface area contributed by atoms with Gasteiger partial charge in [-0.15, -0.1) is 0 Å². The van der Waals surface area contributed by atoms with Crippen molar-refractivity contribution < 1.29 is 0 Å². The molecule has 7 rings (SSSR count). The first-order valence-corrected chi connectivity index (χ1v) is 14.3. The number of fused-ring (bicyclic) bond motifs is 3. The summed E-state index contributed by atoms with van der Waals surface area (Å²) in [7, 11) is 0. The smallest absolute Gasteiger partial charge is 0.0544 e. The van der Waals surface area contributed by atoms with E-state index in [1.54, 1.807) is 0 Å². The minimum Gasteiger partial charge on any atom is -0.312 e. The Balaban J connectivity index is 1.55. The fourth-order valence-electron chi connectivity index (χ4n) is 6.08. The maximum atomic E-state index is 3.66. The SMILES string of the molecule is CC1CC(n2c3ccccc3c3ccc(-c4cccc(Br)c4)cc32)=C(c2ccccc2)C=C1c1ccccc1. The van der Waals surface area contributed by atoms with Crippen molar-refractivity contribution in [2.45, 2.75) is 13.3 Å². The Bertz CT molecular complexity index is 1890. The summed E-state index contributed by atoms with van der Waals surface area (Å²) >= 11 is 3.66. The summed E-state index contributed by atoms with van der Waals surface area (Å²) in [4.78, 5) is 0. The highest BCUT2D eigenvalue weighted by Gasteiger charge is 2.25. The van der Waals surface area contributed by atoms with E-state index in [0.29, 0.717) is 5.92 Å². The van der Waals surface area contributed by atoms with Crippen molar-refractivity contribution in [2.75, 3.05) is 0 Å². The fourth-order valence-corrected chi connectivity index (χ4v) is 6.48. The van der Waals surface area contributed by atoms with E-state index in [1.807, 2.05) is 0 Å². The molecule has 0 saturated heterocycles. The number of nitrogens with zero attached hydrogens (tertiary/aromatic N) is 1. The Morgan fingerprint density at radius 2 is 1.23 bits per heavy atom. The average molecular weight is 567 g/mol. The number of allylic oxidation sites excluding steroid dienone is 4. The summed E-state index contributed by atoms with van der Waals surface area (Å²) in [6, 6.07) is 46.0. The van der Waals surface area contributed by atoms with Crippen LogP contribution in [0.25, 0.3) is 49.8 Å². The van der Waals surface area contributed by atoms with E-state index in [9.17, 15) is 0 Å². The second-order valence-electron chi connectivity index (χ2n) is 10.4. The summed E-state index contributed by atoms with van der Waals surface area (Å²) in [6.45, 7) is 2.36. The van der Waals surface area contributed by atoms with Gasteiger partial charge in [-0.25, -0.2) is 0 Å². The standard InChI is InChI=1S/C37H28BrN/c1-25-21-36(34(27-13-6-3-7-14-27)24-33(25)26-11-4-2-5-12-26)39-35-18-9-8-17-31(35)32-20-19-29(23-37(32)39)28-15-10-16-30(38)22-28/h2-20,22-25H,21H2,1H3. The van der Waals surface area contributed by atoms with E-state index in [0.717, 1.165) is 10.9 Å². The van der Waals surface area contributed by atoms with Crippen LogP contribution in [0, 0.1) is 5.92 Å². The van der Waals surface area contributed by atoms with Gasteiger partial charge in [-0.05, 0) is 70.5 Å². The molecule has 0 bridgehead atoms. The number of aromatic nitrogens is 1. The molecule has 5 aromatic carbocycles. The van der Waals surface area contributed by atoms with Crippen molar-refractivity contribution in [3.8, 4) is 11.1 Å². The van der Waals surface area contributed by atoms with Crippen molar-refractivity contribution in [3.63, 3.8) is 0 Å². The third kappa shape index (κ3) is 4.26. The predicted molar refractivity (Wildman–Crippen MR) is 170 cm³/mol. The number of hydrogen-bond donors (Lipinski definition) is 0. The monoisotopic (exact) mass is 565 g/mol. The molecule has 0 radical (unpaired) electrons. The largest absolute Gasteiger partial charge is 0.312 e. The molecule has 0 N–H and O–H groups in total. The Hall–Kier alpha value is -4.14. The van der Waals surface area contributed by atoms with Gasteiger partial charge < -0.3 is 4.57 Å². The zero-order valence-corrected chi connectivity index (χ0v) is 23.4. The number of benzene rings is 5. The van der Waals surface area contributed by atoms with Gasteiger partial charge in [0, 0.05) is 26.5 Å². The molecule has 6 aromatic rings. The molecule has 2 heteroatoms. The minimum atomic E-state index is 0.388. The Kier molecular flexibility index (Phi) is 6.06. The highest BCUT2D eigenvalue weighted by Crippen LogP contribution is 2.44. The van der Waals surface area contributed by atoms with Crippen LogP contribution in [-0.2, 0) is 0 Å². The van der Waals surface area contributed by atoms with Crippen LogP contribution < -0.4 is 0 Å². The summed E-state index contributed by atoms with van der Waals surface area (Å²) in [5.41, 5.74) is 11.5. The molecular formula is C37H28BrN. The third-order valence-corrected chi connectivity index (χ3v) is 8.43. The Labute approximate surface area is 237 Å². The van der Waals surface area contributed by atoms with Crippen LogP contribution in [0.15, 0.2) is 138 Å². The quantitative estimate of drug-likeness (QED) is 0.200. The van der Waals surface area contributed by atoms with Crippen LogP contribution in [0.2, 0.25) is 0 Å². The Morgan fingerprint density at radius 3 is 2.00 bits per heavy atom. The van der Waals surface area contributed by atoms with Gasteiger partial charge in [0.1, 0.15) is 0 Å². The molecule has 0 fully saturated rings. The van der Waals surface area contributed by atoms with Gasteiger partial charge in [-0.3, -0.25) is 0 Å². The summed E-state index contributed by atoms with van der Waals surface area (Å²) in [5.74, 6) is 0.388. The van der Waals surface area contributed by atoms with E-state index in [2.05, 4.69) is 161 Å². The molecule has 188 valence electrons. The van der Waals surface area contributed by atoms with Gasteiger partial charge in [0.15, 0.2) is 0 Å². The van der Waals surface area contributed by atoms with Crippen molar-refractivity contribution in [1.29, 1.82) is 0 Å². The van der Waals surface area contributed by atoms with E-state index in [1.165, 1.54) is 60.9 Å². The zero-order valence-electron chi connectivity index (χ0n) is 21.8. The lowest BCUT2D eigenvalue weighted by molar-refractivity contribution is 0.753. The van der Waals surface area contributed by atoms with Crippen LogP contribution in [-0.4, -0.2) is 4.57 Å². The van der Waals surface area contributed by atoms with E-state index >= 15 is 0 Å². The lowest BCUT2D eigenvalue weighted by atomic mass is 9.82. The minimum absolute atomic E-state index is 0.388. The maximum Gasteiger partial charge on any atom is 0.0544 e.